The summed E-state index contributed by atoms with van der Waals surface area (Å²) in [5.41, 5.74) is 8.13. The molecule has 0 aliphatic heterocycles. The summed E-state index contributed by atoms with van der Waals surface area (Å²) in [6.07, 6.45) is 0.107. The van der Waals surface area contributed by atoms with Crippen molar-refractivity contribution in [2.24, 2.45) is 0 Å². The van der Waals surface area contributed by atoms with Gasteiger partial charge in [0.1, 0.15) is 11.8 Å². The smallest absolute Gasteiger partial charge is 0.326 e. The Labute approximate surface area is 121 Å². The Morgan fingerprint density at radius 2 is 1.90 bits per heavy atom. The maximum Gasteiger partial charge on any atom is 0.326 e. The zero-order valence-corrected chi connectivity index (χ0v) is 12.5. The van der Waals surface area contributed by atoms with Crippen molar-refractivity contribution in [2.45, 2.75) is 38.0 Å². The van der Waals surface area contributed by atoms with Crippen molar-refractivity contribution < 1.29 is 32.7 Å². The number of carbonyl (C=O) groups excluding carboxylic acids is 2. The molecule has 0 aromatic carbocycles. The summed E-state index contributed by atoms with van der Waals surface area (Å²) in [6, 6.07) is -1.39. The van der Waals surface area contributed by atoms with E-state index in [9.17, 15) is 22.8 Å². The Balaban J connectivity index is 4.65. The zero-order valence-electron chi connectivity index (χ0n) is 11.6. The Morgan fingerprint density at radius 3 is 2.33 bits per heavy atom. The lowest BCUT2D eigenvalue weighted by Gasteiger charge is -2.14. The first kappa shape index (κ1) is 18.9. The number of ketones is 1. The quantitative estimate of drug-likeness (QED) is 0.316. The molecule has 1 unspecified atom stereocenters. The van der Waals surface area contributed by atoms with E-state index in [4.69, 9.17) is 10.6 Å². The molecule has 9 nitrogen and oxygen atoms in total. The molecule has 0 saturated heterocycles. The third kappa shape index (κ3) is 7.33. The van der Waals surface area contributed by atoms with E-state index in [2.05, 4.69) is 4.79 Å². The number of Topliss-reactive ketones (excluding diaryl/α,β-unsaturated/α-hetero) is 1. The average molecular weight is 319 g/mol. The standard InChI is InChI=1S/C11H17N3O6S/c1-7(2)21(19,20)6-10(16)14-9(11(17)18)4-3-8(15)5-13-12/h5,7,9H,3-4,6H2,1-2H3,(H,14,16)(H,17,18). The summed E-state index contributed by atoms with van der Waals surface area (Å²) < 4.78 is 23.1. The number of carbonyl (C=O) groups is 3. The first-order valence-electron chi connectivity index (χ1n) is 6.04. The molecular formula is C11H17N3O6S. The van der Waals surface area contributed by atoms with Gasteiger partial charge in [-0.1, -0.05) is 0 Å². The summed E-state index contributed by atoms with van der Waals surface area (Å²) in [4.78, 5) is 36.1. The van der Waals surface area contributed by atoms with Crippen LogP contribution < -0.4 is 5.32 Å². The van der Waals surface area contributed by atoms with Crippen molar-refractivity contribution in [1.29, 1.82) is 0 Å². The second-order valence-electron chi connectivity index (χ2n) is 4.56. The molecule has 0 aliphatic carbocycles. The van der Waals surface area contributed by atoms with Gasteiger partial charge in [-0.3, -0.25) is 9.59 Å². The molecule has 0 radical (unpaired) electrons. The molecule has 0 bridgehead atoms. The molecule has 0 aromatic heterocycles. The highest BCUT2D eigenvalue weighted by molar-refractivity contribution is 7.92. The topological polar surface area (TPSA) is 154 Å². The van der Waals surface area contributed by atoms with Gasteiger partial charge in [0.25, 0.3) is 0 Å². The van der Waals surface area contributed by atoms with Gasteiger partial charge in [-0.05, 0) is 20.3 Å². The monoisotopic (exact) mass is 319 g/mol. The van der Waals surface area contributed by atoms with Crippen LogP contribution in [0.1, 0.15) is 26.7 Å². The number of nitrogens with one attached hydrogen (secondary N) is 1. The minimum absolute atomic E-state index is 0.242. The first-order valence-corrected chi connectivity index (χ1v) is 7.75. The lowest BCUT2D eigenvalue weighted by molar-refractivity contribution is -0.141. The molecule has 2 N–H and O–H groups in total. The van der Waals surface area contributed by atoms with E-state index in [0.29, 0.717) is 6.21 Å². The minimum Gasteiger partial charge on any atom is -0.480 e. The van der Waals surface area contributed by atoms with Crippen molar-refractivity contribution >= 4 is 33.7 Å². The van der Waals surface area contributed by atoms with Crippen LogP contribution in [0.5, 0.6) is 0 Å². The van der Waals surface area contributed by atoms with E-state index in [-0.39, 0.29) is 12.8 Å². The fraction of sp³-hybridized carbons (Fsp3) is 0.636. The van der Waals surface area contributed by atoms with Crippen LogP contribution in [0, 0.1) is 0 Å². The average Bonchev–Trinajstić information content (AvgIpc) is 2.33. The zero-order chi connectivity index (χ0) is 16.6. The van der Waals surface area contributed by atoms with Gasteiger partial charge < -0.3 is 16.0 Å². The summed E-state index contributed by atoms with van der Waals surface area (Å²) in [5, 5.41) is 10.2. The second-order valence-corrected chi connectivity index (χ2v) is 7.12. The predicted octanol–water partition coefficient (Wildman–Crippen LogP) is -0.971. The van der Waals surface area contributed by atoms with Gasteiger partial charge in [-0.25, -0.2) is 13.2 Å². The van der Waals surface area contributed by atoms with E-state index in [1.807, 2.05) is 5.32 Å². The number of carboxylic acid groups (broad SMARTS) is 1. The van der Waals surface area contributed by atoms with E-state index in [1.54, 1.807) is 0 Å². The highest BCUT2D eigenvalue weighted by atomic mass is 32.2. The van der Waals surface area contributed by atoms with Gasteiger partial charge in [0.15, 0.2) is 9.84 Å². The molecule has 0 spiro atoms. The van der Waals surface area contributed by atoms with Crippen molar-refractivity contribution in [3.05, 3.63) is 5.53 Å². The molecular weight excluding hydrogens is 302 g/mol. The van der Waals surface area contributed by atoms with E-state index < -0.39 is 44.5 Å². The number of nitrogens with zero attached hydrogens (tertiary/aromatic N) is 2. The molecule has 0 aliphatic rings. The molecule has 0 saturated carbocycles. The van der Waals surface area contributed by atoms with E-state index in [0.717, 1.165) is 0 Å². The maximum atomic E-state index is 11.5. The fourth-order valence-electron chi connectivity index (χ4n) is 1.26. The lowest BCUT2D eigenvalue weighted by Crippen LogP contribution is -2.44. The van der Waals surface area contributed by atoms with Gasteiger partial charge in [0, 0.05) is 6.42 Å². The van der Waals surface area contributed by atoms with Crippen LogP contribution >= 0.6 is 0 Å². The summed E-state index contributed by atoms with van der Waals surface area (Å²) in [6.45, 7) is 2.81. The Hall–Kier alpha value is -2.06. The number of amides is 1. The van der Waals surface area contributed by atoms with E-state index in [1.165, 1.54) is 13.8 Å². The van der Waals surface area contributed by atoms with Crippen LogP contribution in [-0.2, 0) is 24.2 Å². The molecule has 1 atom stereocenters. The van der Waals surface area contributed by atoms with Gasteiger partial charge >= 0.3 is 12.2 Å². The van der Waals surface area contributed by atoms with Crippen molar-refractivity contribution in [3.63, 3.8) is 0 Å². The molecule has 118 valence electrons. The van der Waals surface area contributed by atoms with Crippen molar-refractivity contribution in [2.75, 3.05) is 5.75 Å². The number of hydrogen-bond acceptors (Lipinski definition) is 5. The number of sulfone groups is 1. The van der Waals surface area contributed by atoms with Crippen molar-refractivity contribution in [1.82, 2.24) is 5.32 Å². The molecule has 21 heavy (non-hydrogen) atoms. The molecule has 0 rings (SSSR count). The van der Waals surface area contributed by atoms with Crippen LogP contribution in [0.3, 0.4) is 0 Å². The fourth-order valence-corrected chi connectivity index (χ4v) is 2.04. The Kier molecular flexibility index (Phi) is 7.46. The summed E-state index contributed by atoms with van der Waals surface area (Å²) >= 11 is 0. The lowest BCUT2D eigenvalue weighted by atomic mass is 10.1. The predicted molar refractivity (Wildman–Crippen MR) is 72.4 cm³/mol. The molecule has 0 aromatic rings. The number of aliphatic carboxylic acids is 1. The van der Waals surface area contributed by atoms with Crippen LogP contribution in [-0.4, -0.2) is 59.2 Å². The van der Waals surface area contributed by atoms with Gasteiger partial charge in [0.2, 0.25) is 11.7 Å². The largest absolute Gasteiger partial charge is 0.480 e. The number of rotatable bonds is 9. The molecule has 0 heterocycles. The molecule has 10 heteroatoms. The summed E-state index contributed by atoms with van der Waals surface area (Å²) in [5.74, 6) is -3.77. The number of carboxylic acids is 1. The highest BCUT2D eigenvalue weighted by Gasteiger charge is 2.25. The molecule has 1 amide bonds. The Morgan fingerprint density at radius 1 is 1.33 bits per heavy atom. The van der Waals surface area contributed by atoms with Gasteiger partial charge in [-0.15, -0.1) is 0 Å². The van der Waals surface area contributed by atoms with Crippen molar-refractivity contribution in [3.8, 4) is 0 Å². The summed E-state index contributed by atoms with van der Waals surface area (Å²) in [7, 11) is -3.63. The van der Waals surface area contributed by atoms with E-state index >= 15 is 0 Å². The van der Waals surface area contributed by atoms with Crippen LogP contribution in [0.15, 0.2) is 0 Å². The molecule has 0 fully saturated rings. The Bertz CT molecular complexity index is 563. The third-order valence-corrected chi connectivity index (χ3v) is 4.67. The maximum absolute atomic E-state index is 11.5. The highest BCUT2D eigenvalue weighted by Crippen LogP contribution is 2.02. The van der Waals surface area contributed by atoms with Crippen LogP contribution in [0.2, 0.25) is 0 Å². The number of hydrogen-bond donors (Lipinski definition) is 2. The minimum atomic E-state index is -3.63. The van der Waals surface area contributed by atoms with Gasteiger partial charge in [0.05, 0.1) is 5.25 Å². The normalized spacial score (nSPS) is 12.3. The van der Waals surface area contributed by atoms with Crippen LogP contribution in [0.25, 0.3) is 5.53 Å². The SMILES string of the molecule is CC(C)S(=O)(=O)CC(=O)NC(CCC(=O)C=[N+]=[N-])C(=O)O. The second kappa shape index (κ2) is 8.28. The van der Waals surface area contributed by atoms with Gasteiger partial charge in [-0.2, -0.15) is 4.79 Å². The third-order valence-electron chi connectivity index (χ3n) is 2.56. The van der Waals surface area contributed by atoms with Crippen LogP contribution in [0.4, 0.5) is 0 Å². The first-order chi connectivity index (χ1) is 9.60.